The fourth-order valence-electron chi connectivity index (χ4n) is 1.96. The van der Waals surface area contributed by atoms with Crippen LogP contribution in [0.5, 0.6) is 0 Å². The van der Waals surface area contributed by atoms with Gasteiger partial charge in [0.05, 0.1) is 29.3 Å². The lowest BCUT2D eigenvalue weighted by Gasteiger charge is -2.42. The molecule has 0 radical (unpaired) electrons. The van der Waals surface area contributed by atoms with Gasteiger partial charge < -0.3 is 15.4 Å². The van der Waals surface area contributed by atoms with Crippen molar-refractivity contribution < 1.29 is 9.53 Å². The second kappa shape index (κ2) is 4.74. The van der Waals surface area contributed by atoms with Gasteiger partial charge in [-0.25, -0.2) is 4.98 Å². The van der Waals surface area contributed by atoms with Crippen LogP contribution in [-0.4, -0.2) is 41.1 Å². The van der Waals surface area contributed by atoms with Gasteiger partial charge in [0.2, 0.25) is 0 Å². The number of hydrogen-bond donors (Lipinski definition) is 1. The minimum Gasteiger partial charge on any atom is -0.382 e. The van der Waals surface area contributed by atoms with Gasteiger partial charge in [0, 0.05) is 12.7 Å². The average molecular weight is 270 g/mol. The highest BCUT2D eigenvalue weighted by atomic mass is 35.5. The summed E-state index contributed by atoms with van der Waals surface area (Å²) in [5.74, 6) is 0.132. The van der Waals surface area contributed by atoms with Crippen molar-refractivity contribution in [3.63, 3.8) is 0 Å². The molecule has 0 aliphatic carbocycles. The number of hydrogen-bond acceptors (Lipinski definition) is 4. The van der Waals surface area contributed by atoms with E-state index in [1.807, 2.05) is 13.8 Å². The number of morpholine rings is 1. The van der Waals surface area contributed by atoms with Crippen LogP contribution in [0.15, 0.2) is 12.3 Å². The van der Waals surface area contributed by atoms with Gasteiger partial charge in [-0.05, 0) is 19.9 Å². The van der Waals surface area contributed by atoms with Crippen LogP contribution in [0.25, 0.3) is 0 Å². The molecule has 98 valence electrons. The first-order valence-electron chi connectivity index (χ1n) is 5.72. The lowest BCUT2D eigenvalue weighted by Crippen LogP contribution is -2.55. The van der Waals surface area contributed by atoms with Gasteiger partial charge in [-0.1, -0.05) is 11.6 Å². The van der Waals surface area contributed by atoms with Crippen molar-refractivity contribution in [1.29, 1.82) is 0 Å². The van der Waals surface area contributed by atoms with Crippen molar-refractivity contribution in [3.05, 3.63) is 22.8 Å². The monoisotopic (exact) mass is 269 g/mol. The summed E-state index contributed by atoms with van der Waals surface area (Å²) in [6.07, 6.45) is 1.45. The van der Waals surface area contributed by atoms with Gasteiger partial charge in [0.15, 0.2) is 0 Å². The summed E-state index contributed by atoms with van der Waals surface area (Å²) in [6.45, 7) is 5.57. The average Bonchev–Trinajstić information content (AvgIpc) is 2.31. The zero-order chi connectivity index (χ0) is 13.3. The molecule has 1 aliphatic rings. The number of nitrogens with two attached hydrogens (primary N) is 1. The normalized spacial score (nSPS) is 18.7. The Labute approximate surface area is 111 Å². The topological polar surface area (TPSA) is 68.5 Å². The first kappa shape index (κ1) is 13.1. The van der Waals surface area contributed by atoms with Crippen molar-refractivity contribution in [2.75, 3.05) is 25.5 Å². The Kier molecular flexibility index (Phi) is 3.45. The number of aromatic nitrogens is 1. The molecule has 1 saturated heterocycles. The molecule has 0 atom stereocenters. The van der Waals surface area contributed by atoms with E-state index in [0.29, 0.717) is 30.3 Å². The van der Waals surface area contributed by atoms with Crippen molar-refractivity contribution in [2.45, 2.75) is 19.4 Å². The third kappa shape index (κ3) is 2.42. The number of amides is 1. The molecule has 0 saturated carbocycles. The Hall–Kier alpha value is -1.33. The number of nitrogen functional groups attached to an aromatic ring is 1. The maximum absolute atomic E-state index is 12.4. The zero-order valence-corrected chi connectivity index (χ0v) is 11.2. The summed E-state index contributed by atoms with van der Waals surface area (Å²) in [5.41, 5.74) is 5.65. The highest BCUT2D eigenvalue weighted by Crippen LogP contribution is 2.23. The molecule has 5 nitrogen and oxygen atoms in total. The molecule has 2 rings (SSSR count). The molecule has 0 aromatic carbocycles. The van der Waals surface area contributed by atoms with Gasteiger partial charge >= 0.3 is 0 Å². The number of carbonyl (C=O) groups is 1. The Balaban J connectivity index is 2.27. The number of rotatable bonds is 1. The van der Waals surface area contributed by atoms with Crippen LogP contribution in [0.1, 0.15) is 24.2 Å². The van der Waals surface area contributed by atoms with Crippen LogP contribution in [0.4, 0.5) is 5.82 Å². The molecule has 18 heavy (non-hydrogen) atoms. The van der Waals surface area contributed by atoms with E-state index in [-0.39, 0.29) is 17.3 Å². The van der Waals surface area contributed by atoms with Gasteiger partial charge in [0.25, 0.3) is 5.91 Å². The summed E-state index contributed by atoms with van der Waals surface area (Å²) in [4.78, 5) is 18.1. The lowest BCUT2D eigenvalue weighted by atomic mass is 10.0. The summed E-state index contributed by atoms with van der Waals surface area (Å²) in [6, 6.07) is 1.55. The number of anilines is 1. The number of ether oxygens (including phenoxy) is 1. The first-order valence-corrected chi connectivity index (χ1v) is 6.10. The predicted molar refractivity (Wildman–Crippen MR) is 69.6 cm³/mol. The van der Waals surface area contributed by atoms with Crippen LogP contribution in [-0.2, 0) is 4.74 Å². The smallest absolute Gasteiger partial charge is 0.256 e. The maximum atomic E-state index is 12.4. The molecule has 0 bridgehead atoms. The molecule has 0 unspecified atom stereocenters. The largest absolute Gasteiger partial charge is 0.382 e. The molecule has 2 N–H and O–H groups in total. The van der Waals surface area contributed by atoms with Crippen LogP contribution in [0, 0.1) is 0 Å². The molecule has 1 aromatic rings. The highest BCUT2D eigenvalue weighted by molar-refractivity contribution is 6.33. The van der Waals surface area contributed by atoms with Gasteiger partial charge in [-0.2, -0.15) is 0 Å². The van der Waals surface area contributed by atoms with E-state index in [1.165, 1.54) is 6.20 Å². The minimum atomic E-state index is -0.330. The van der Waals surface area contributed by atoms with Crippen molar-refractivity contribution in [3.8, 4) is 0 Å². The SMILES string of the molecule is CC1(C)COCCN1C(=O)c1cnc(N)c(Cl)c1. The fraction of sp³-hybridized carbons (Fsp3) is 0.500. The quantitative estimate of drug-likeness (QED) is 0.840. The number of halogens is 1. The number of carbonyl (C=O) groups excluding carboxylic acids is 1. The molecular formula is C12H16ClN3O2. The molecular weight excluding hydrogens is 254 g/mol. The van der Waals surface area contributed by atoms with Crippen LogP contribution < -0.4 is 5.73 Å². The number of nitrogens with zero attached hydrogens (tertiary/aromatic N) is 2. The number of pyridine rings is 1. The van der Waals surface area contributed by atoms with Gasteiger partial charge in [-0.15, -0.1) is 0 Å². The maximum Gasteiger partial charge on any atom is 0.256 e. The van der Waals surface area contributed by atoms with Crippen molar-refractivity contribution in [1.82, 2.24) is 9.88 Å². The molecule has 6 heteroatoms. The second-order valence-corrected chi connectivity index (χ2v) is 5.32. The van der Waals surface area contributed by atoms with E-state index < -0.39 is 0 Å². The van der Waals surface area contributed by atoms with Gasteiger partial charge in [-0.3, -0.25) is 4.79 Å². The Bertz CT molecular complexity index is 476. The minimum absolute atomic E-state index is 0.0994. The Morgan fingerprint density at radius 1 is 1.61 bits per heavy atom. The van der Waals surface area contributed by atoms with Crippen LogP contribution in [0.2, 0.25) is 5.02 Å². The summed E-state index contributed by atoms with van der Waals surface area (Å²) in [5, 5.41) is 0.298. The molecule has 1 fully saturated rings. The Morgan fingerprint density at radius 2 is 2.33 bits per heavy atom. The van der Waals surface area contributed by atoms with E-state index >= 15 is 0 Å². The van der Waals surface area contributed by atoms with Gasteiger partial charge in [0.1, 0.15) is 5.82 Å². The standard InChI is InChI=1S/C12H16ClN3O2/c1-12(2)7-18-4-3-16(12)11(17)8-5-9(13)10(14)15-6-8/h5-6H,3-4,7H2,1-2H3,(H2,14,15). The molecule has 0 spiro atoms. The zero-order valence-electron chi connectivity index (χ0n) is 10.4. The summed E-state index contributed by atoms with van der Waals surface area (Å²) in [7, 11) is 0. The third-order valence-electron chi connectivity index (χ3n) is 3.01. The van der Waals surface area contributed by atoms with E-state index in [9.17, 15) is 4.79 Å². The molecule has 1 aliphatic heterocycles. The lowest BCUT2D eigenvalue weighted by molar-refractivity contribution is -0.0370. The predicted octanol–water partition coefficient (Wildman–Crippen LogP) is 1.57. The fourth-order valence-corrected chi connectivity index (χ4v) is 2.12. The van der Waals surface area contributed by atoms with Crippen molar-refractivity contribution >= 4 is 23.3 Å². The van der Waals surface area contributed by atoms with Crippen LogP contribution >= 0.6 is 11.6 Å². The molecule has 2 heterocycles. The van der Waals surface area contributed by atoms with E-state index in [2.05, 4.69) is 4.98 Å². The van der Waals surface area contributed by atoms with E-state index in [4.69, 9.17) is 22.1 Å². The van der Waals surface area contributed by atoms with Crippen LogP contribution in [0.3, 0.4) is 0 Å². The van der Waals surface area contributed by atoms with E-state index in [0.717, 1.165) is 0 Å². The van der Waals surface area contributed by atoms with E-state index in [1.54, 1.807) is 11.0 Å². The molecule has 1 amide bonds. The molecule has 1 aromatic heterocycles. The highest BCUT2D eigenvalue weighted by Gasteiger charge is 2.34. The van der Waals surface area contributed by atoms with Crippen molar-refractivity contribution in [2.24, 2.45) is 0 Å². The Morgan fingerprint density at radius 3 is 2.94 bits per heavy atom. The second-order valence-electron chi connectivity index (χ2n) is 4.91. The third-order valence-corrected chi connectivity index (χ3v) is 3.31. The summed E-state index contributed by atoms with van der Waals surface area (Å²) < 4.78 is 5.39. The summed E-state index contributed by atoms with van der Waals surface area (Å²) >= 11 is 5.88. The first-order chi connectivity index (χ1) is 8.42.